The molecule has 2 atom stereocenters. The Morgan fingerprint density at radius 2 is 2.20 bits per heavy atom. The molecular weight excluding hydrogens is 300 g/mol. The quantitative estimate of drug-likeness (QED) is 0.864. The SMILES string of the molecule is CNC(C)CNS(=O)(=O)c1cc(Cl)c2c(c1)CC(C)O2. The highest BCUT2D eigenvalue weighted by molar-refractivity contribution is 7.89. The summed E-state index contributed by atoms with van der Waals surface area (Å²) in [5, 5.41) is 3.32. The maximum atomic E-state index is 12.2. The molecule has 7 heteroatoms. The first-order valence-corrected chi connectivity index (χ1v) is 8.35. The number of fused-ring (bicyclic) bond motifs is 1. The number of nitrogens with one attached hydrogen (secondary N) is 2. The van der Waals surface area contributed by atoms with Crippen LogP contribution in [0.15, 0.2) is 17.0 Å². The van der Waals surface area contributed by atoms with Crippen LogP contribution in [0, 0.1) is 0 Å². The van der Waals surface area contributed by atoms with Gasteiger partial charge in [0.05, 0.1) is 9.92 Å². The van der Waals surface area contributed by atoms with Crippen LogP contribution in [0.4, 0.5) is 0 Å². The van der Waals surface area contributed by atoms with Gasteiger partial charge in [0.25, 0.3) is 0 Å². The molecule has 0 saturated heterocycles. The molecule has 2 unspecified atom stereocenters. The van der Waals surface area contributed by atoms with Gasteiger partial charge in [0.15, 0.2) is 0 Å². The summed E-state index contributed by atoms with van der Waals surface area (Å²) in [6.45, 7) is 4.14. The lowest BCUT2D eigenvalue weighted by atomic mass is 10.1. The zero-order valence-electron chi connectivity index (χ0n) is 11.7. The van der Waals surface area contributed by atoms with Crippen molar-refractivity contribution in [3.63, 3.8) is 0 Å². The van der Waals surface area contributed by atoms with Gasteiger partial charge in [-0.15, -0.1) is 0 Å². The Balaban J connectivity index is 2.25. The summed E-state index contributed by atoms with van der Waals surface area (Å²) in [5.41, 5.74) is 0.840. The molecule has 0 fully saturated rings. The van der Waals surface area contributed by atoms with E-state index in [2.05, 4.69) is 10.0 Å². The van der Waals surface area contributed by atoms with Crippen LogP contribution in [-0.2, 0) is 16.4 Å². The molecule has 20 heavy (non-hydrogen) atoms. The van der Waals surface area contributed by atoms with Crippen molar-refractivity contribution < 1.29 is 13.2 Å². The van der Waals surface area contributed by atoms with Crippen molar-refractivity contribution >= 4 is 21.6 Å². The third kappa shape index (κ3) is 3.25. The molecule has 0 radical (unpaired) electrons. The summed E-state index contributed by atoms with van der Waals surface area (Å²) in [6, 6.07) is 3.13. The van der Waals surface area contributed by atoms with Crippen molar-refractivity contribution in [2.24, 2.45) is 0 Å². The van der Waals surface area contributed by atoms with Gasteiger partial charge >= 0.3 is 0 Å². The molecule has 0 aliphatic carbocycles. The molecule has 0 saturated carbocycles. The van der Waals surface area contributed by atoms with Crippen LogP contribution < -0.4 is 14.8 Å². The van der Waals surface area contributed by atoms with Gasteiger partial charge < -0.3 is 10.1 Å². The van der Waals surface area contributed by atoms with Crippen LogP contribution in [0.2, 0.25) is 5.02 Å². The summed E-state index contributed by atoms with van der Waals surface area (Å²) >= 11 is 6.11. The first kappa shape index (κ1) is 15.6. The Labute approximate surface area is 124 Å². The fraction of sp³-hybridized carbons (Fsp3) is 0.538. The number of rotatable bonds is 5. The van der Waals surface area contributed by atoms with E-state index in [-0.39, 0.29) is 17.0 Å². The van der Waals surface area contributed by atoms with E-state index in [0.29, 0.717) is 23.7 Å². The van der Waals surface area contributed by atoms with E-state index in [0.717, 1.165) is 5.56 Å². The Morgan fingerprint density at radius 3 is 2.85 bits per heavy atom. The van der Waals surface area contributed by atoms with E-state index >= 15 is 0 Å². The first-order chi connectivity index (χ1) is 9.33. The van der Waals surface area contributed by atoms with Gasteiger partial charge in [-0.3, -0.25) is 0 Å². The van der Waals surface area contributed by atoms with Crippen LogP contribution in [0.3, 0.4) is 0 Å². The smallest absolute Gasteiger partial charge is 0.240 e. The largest absolute Gasteiger partial charge is 0.489 e. The van der Waals surface area contributed by atoms with E-state index in [1.807, 2.05) is 13.8 Å². The number of benzene rings is 1. The molecule has 5 nitrogen and oxygen atoms in total. The van der Waals surface area contributed by atoms with Gasteiger partial charge in [0.2, 0.25) is 10.0 Å². The topological polar surface area (TPSA) is 67.4 Å². The molecule has 1 aliphatic heterocycles. The number of likely N-dealkylation sites (N-methyl/N-ethyl adjacent to an activating group) is 1. The van der Waals surface area contributed by atoms with E-state index in [4.69, 9.17) is 16.3 Å². The summed E-state index contributed by atoms with van der Waals surface area (Å²) in [5.74, 6) is 0.599. The summed E-state index contributed by atoms with van der Waals surface area (Å²) in [6.07, 6.45) is 0.698. The summed E-state index contributed by atoms with van der Waals surface area (Å²) in [4.78, 5) is 0.183. The van der Waals surface area contributed by atoms with Gasteiger partial charge in [-0.25, -0.2) is 13.1 Å². The minimum absolute atomic E-state index is 0.0257. The predicted octanol–water partition coefficient (Wildman–Crippen LogP) is 1.55. The van der Waals surface area contributed by atoms with Gasteiger partial charge in [0.1, 0.15) is 11.9 Å². The zero-order valence-corrected chi connectivity index (χ0v) is 13.3. The number of sulfonamides is 1. The molecule has 2 rings (SSSR count). The molecular formula is C13H19ClN2O3S. The average molecular weight is 319 g/mol. The van der Waals surface area contributed by atoms with Gasteiger partial charge in [-0.2, -0.15) is 0 Å². The lowest BCUT2D eigenvalue weighted by Gasteiger charge is -2.13. The first-order valence-electron chi connectivity index (χ1n) is 6.49. The van der Waals surface area contributed by atoms with E-state index in [1.54, 1.807) is 13.1 Å². The van der Waals surface area contributed by atoms with Crippen LogP contribution in [0.25, 0.3) is 0 Å². The van der Waals surface area contributed by atoms with Crippen LogP contribution >= 0.6 is 11.6 Å². The number of hydrogen-bond acceptors (Lipinski definition) is 4. The van der Waals surface area contributed by atoms with E-state index in [9.17, 15) is 8.42 Å². The Morgan fingerprint density at radius 1 is 1.50 bits per heavy atom. The molecule has 0 spiro atoms. The number of halogens is 1. The Bertz CT molecular complexity index is 604. The highest BCUT2D eigenvalue weighted by Crippen LogP contribution is 2.37. The van der Waals surface area contributed by atoms with Gasteiger partial charge in [0, 0.05) is 24.6 Å². The van der Waals surface area contributed by atoms with E-state index < -0.39 is 10.0 Å². The van der Waals surface area contributed by atoms with Crippen molar-refractivity contribution in [3.8, 4) is 5.75 Å². The van der Waals surface area contributed by atoms with Crippen LogP contribution in [-0.4, -0.2) is 34.2 Å². The minimum atomic E-state index is -3.56. The van der Waals surface area contributed by atoms with Crippen molar-refractivity contribution in [1.29, 1.82) is 0 Å². The summed E-state index contributed by atoms with van der Waals surface area (Å²) in [7, 11) is -1.78. The molecule has 0 bridgehead atoms. The molecule has 2 N–H and O–H groups in total. The second-order valence-electron chi connectivity index (χ2n) is 5.07. The predicted molar refractivity (Wildman–Crippen MR) is 79.0 cm³/mol. The average Bonchev–Trinajstić information content (AvgIpc) is 2.77. The third-order valence-electron chi connectivity index (χ3n) is 3.30. The lowest BCUT2D eigenvalue weighted by molar-refractivity contribution is 0.255. The van der Waals surface area contributed by atoms with Gasteiger partial charge in [-0.05, 0) is 33.0 Å². The standard InChI is InChI=1S/C13H19ClN2O3S/c1-8(15-3)7-16-20(17,18)11-5-10-4-9(2)19-13(10)12(14)6-11/h5-6,8-9,15-16H,4,7H2,1-3H3. The minimum Gasteiger partial charge on any atom is -0.489 e. The Kier molecular flexibility index (Phi) is 4.59. The van der Waals surface area contributed by atoms with E-state index in [1.165, 1.54) is 6.07 Å². The highest BCUT2D eigenvalue weighted by Gasteiger charge is 2.25. The molecule has 1 aromatic rings. The highest BCUT2D eigenvalue weighted by atomic mass is 35.5. The van der Waals surface area contributed by atoms with Crippen molar-refractivity contribution in [3.05, 3.63) is 22.7 Å². The second-order valence-corrected chi connectivity index (χ2v) is 7.24. The Hall–Kier alpha value is -0.820. The molecule has 112 valence electrons. The molecule has 1 heterocycles. The molecule has 1 aromatic carbocycles. The molecule has 1 aliphatic rings. The molecule has 0 amide bonds. The maximum Gasteiger partial charge on any atom is 0.240 e. The zero-order chi connectivity index (χ0) is 14.9. The fourth-order valence-electron chi connectivity index (χ4n) is 2.03. The van der Waals surface area contributed by atoms with Crippen LogP contribution in [0.1, 0.15) is 19.4 Å². The van der Waals surface area contributed by atoms with Crippen molar-refractivity contribution in [1.82, 2.24) is 10.0 Å². The van der Waals surface area contributed by atoms with Crippen LogP contribution in [0.5, 0.6) is 5.75 Å². The summed E-state index contributed by atoms with van der Waals surface area (Å²) < 4.78 is 32.6. The molecule has 0 aromatic heterocycles. The third-order valence-corrected chi connectivity index (χ3v) is 4.99. The fourth-order valence-corrected chi connectivity index (χ4v) is 3.59. The number of hydrogen-bond donors (Lipinski definition) is 2. The second kappa shape index (κ2) is 5.89. The monoisotopic (exact) mass is 318 g/mol. The van der Waals surface area contributed by atoms with Crippen molar-refractivity contribution in [2.45, 2.75) is 37.3 Å². The number of ether oxygens (including phenoxy) is 1. The normalized spacial score (nSPS) is 19.5. The van der Waals surface area contributed by atoms with Crippen molar-refractivity contribution in [2.75, 3.05) is 13.6 Å². The lowest BCUT2D eigenvalue weighted by Crippen LogP contribution is -2.37. The maximum absolute atomic E-state index is 12.2. The van der Waals surface area contributed by atoms with Gasteiger partial charge in [-0.1, -0.05) is 11.6 Å².